The van der Waals surface area contributed by atoms with E-state index in [-0.39, 0.29) is 33.6 Å². The van der Waals surface area contributed by atoms with Gasteiger partial charge in [-0.3, -0.25) is 19.2 Å². The highest BCUT2D eigenvalue weighted by atomic mass is 16.4. The van der Waals surface area contributed by atoms with Crippen molar-refractivity contribution in [3.05, 3.63) is 22.3 Å². The number of carboxylic acid groups (broad SMARTS) is 4. The summed E-state index contributed by atoms with van der Waals surface area (Å²) in [6, 6.07) is 0. The van der Waals surface area contributed by atoms with Crippen molar-refractivity contribution in [1.82, 2.24) is 0 Å². The summed E-state index contributed by atoms with van der Waals surface area (Å²) < 4.78 is 0. The molecule has 0 aliphatic carbocycles. The van der Waals surface area contributed by atoms with Crippen LogP contribution in [0.4, 0.5) is 11.4 Å². The molecule has 0 amide bonds. The van der Waals surface area contributed by atoms with E-state index in [1.807, 2.05) is 0 Å². The quantitative estimate of drug-likeness (QED) is 0.330. The largest absolute Gasteiger partial charge is 0.481 e. The second kappa shape index (κ2) is 7.31. The number of carbonyl (C=O) groups is 4. The van der Waals surface area contributed by atoms with E-state index in [2.05, 4.69) is 0 Å². The number of nitrogens with two attached hydrogens (primary N) is 2. The molecule has 0 spiro atoms. The van der Waals surface area contributed by atoms with Crippen LogP contribution in [0.1, 0.15) is 22.3 Å². The van der Waals surface area contributed by atoms with E-state index in [0.29, 0.717) is 0 Å². The van der Waals surface area contributed by atoms with Gasteiger partial charge in [0.2, 0.25) is 0 Å². The Morgan fingerprint density at radius 3 is 0.958 bits per heavy atom. The van der Waals surface area contributed by atoms with Gasteiger partial charge < -0.3 is 31.9 Å². The number of nitrogen functional groups attached to an aromatic ring is 2. The first kappa shape index (κ1) is 18.7. The van der Waals surface area contributed by atoms with E-state index in [0.717, 1.165) is 0 Å². The van der Waals surface area contributed by atoms with Crippen LogP contribution in [-0.4, -0.2) is 44.3 Å². The van der Waals surface area contributed by atoms with Crippen molar-refractivity contribution in [2.75, 3.05) is 11.5 Å². The summed E-state index contributed by atoms with van der Waals surface area (Å²) in [5.74, 6) is -5.34. The first-order chi connectivity index (χ1) is 11.0. The maximum Gasteiger partial charge on any atom is 0.307 e. The summed E-state index contributed by atoms with van der Waals surface area (Å²) in [5, 5.41) is 36.0. The van der Waals surface area contributed by atoms with Gasteiger partial charge in [0.05, 0.1) is 37.1 Å². The van der Waals surface area contributed by atoms with Gasteiger partial charge in [-0.25, -0.2) is 0 Å². The second-order valence-corrected chi connectivity index (χ2v) is 5.02. The standard InChI is InChI=1S/C14H16N2O8/c15-13-7(3-11(21)22)5(1-9(17)18)6(2-10(19)20)8(14(13)16)4-12(23)24/h1-4,15-16H2,(H,17,18)(H,19,20)(H,21,22)(H,23,24). The molecule has 0 bridgehead atoms. The lowest BCUT2D eigenvalue weighted by Crippen LogP contribution is -2.20. The predicted octanol–water partition coefficient (Wildman–Crippen LogP) is -0.641. The van der Waals surface area contributed by atoms with Gasteiger partial charge >= 0.3 is 23.9 Å². The molecule has 10 nitrogen and oxygen atoms in total. The number of carboxylic acids is 4. The number of hydrogen-bond acceptors (Lipinski definition) is 6. The molecule has 0 saturated heterocycles. The van der Waals surface area contributed by atoms with E-state index in [9.17, 15) is 19.2 Å². The third kappa shape index (κ3) is 4.35. The highest BCUT2D eigenvalue weighted by Gasteiger charge is 2.26. The zero-order valence-corrected chi connectivity index (χ0v) is 12.4. The average molecular weight is 340 g/mol. The number of benzene rings is 1. The molecule has 0 atom stereocenters. The third-order valence-corrected chi connectivity index (χ3v) is 3.35. The Hall–Kier alpha value is -3.30. The third-order valence-electron chi connectivity index (χ3n) is 3.35. The van der Waals surface area contributed by atoms with Crippen LogP contribution in [0, 0.1) is 0 Å². The van der Waals surface area contributed by atoms with Crippen molar-refractivity contribution in [1.29, 1.82) is 0 Å². The predicted molar refractivity (Wildman–Crippen MR) is 80.6 cm³/mol. The Balaban J connectivity index is 3.80. The number of anilines is 2. The minimum absolute atomic E-state index is 0.118. The summed E-state index contributed by atoms with van der Waals surface area (Å²) in [7, 11) is 0. The smallest absolute Gasteiger partial charge is 0.307 e. The fraction of sp³-hybridized carbons (Fsp3) is 0.286. The van der Waals surface area contributed by atoms with Crippen LogP contribution < -0.4 is 11.5 Å². The minimum Gasteiger partial charge on any atom is -0.481 e. The summed E-state index contributed by atoms with van der Waals surface area (Å²) in [6.45, 7) is 0. The number of rotatable bonds is 8. The lowest BCUT2D eigenvalue weighted by Gasteiger charge is -2.21. The molecule has 1 aromatic carbocycles. The summed E-state index contributed by atoms with van der Waals surface area (Å²) in [4.78, 5) is 44.2. The van der Waals surface area contributed by atoms with Gasteiger partial charge in [0.1, 0.15) is 0 Å². The van der Waals surface area contributed by atoms with E-state index in [1.165, 1.54) is 0 Å². The first-order valence-electron chi connectivity index (χ1n) is 6.62. The van der Waals surface area contributed by atoms with Crippen molar-refractivity contribution >= 4 is 35.3 Å². The Morgan fingerprint density at radius 2 is 0.750 bits per heavy atom. The fourth-order valence-corrected chi connectivity index (χ4v) is 2.45. The Morgan fingerprint density at radius 1 is 0.542 bits per heavy atom. The molecule has 8 N–H and O–H groups in total. The minimum atomic E-state index is -1.35. The van der Waals surface area contributed by atoms with E-state index >= 15 is 0 Å². The topological polar surface area (TPSA) is 201 Å². The maximum absolute atomic E-state index is 11.1. The molecule has 0 heterocycles. The van der Waals surface area contributed by atoms with Crippen LogP contribution in [0.15, 0.2) is 0 Å². The first-order valence-corrected chi connectivity index (χ1v) is 6.62. The van der Waals surface area contributed by atoms with Gasteiger partial charge in [-0.2, -0.15) is 0 Å². The van der Waals surface area contributed by atoms with Gasteiger partial charge in [-0.1, -0.05) is 0 Å². The van der Waals surface area contributed by atoms with Crippen LogP contribution >= 0.6 is 0 Å². The summed E-state index contributed by atoms with van der Waals surface area (Å²) in [6.07, 6.45) is -2.75. The zero-order chi connectivity index (χ0) is 18.6. The van der Waals surface area contributed by atoms with Gasteiger partial charge in [0.25, 0.3) is 0 Å². The molecule has 1 rings (SSSR count). The van der Waals surface area contributed by atoms with E-state index in [4.69, 9.17) is 31.9 Å². The van der Waals surface area contributed by atoms with Crippen LogP contribution in [0.2, 0.25) is 0 Å². The normalized spacial score (nSPS) is 10.3. The van der Waals surface area contributed by atoms with Crippen molar-refractivity contribution in [2.24, 2.45) is 0 Å². The highest BCUT2D eigenvalue weighted by Crippen LogP contribution is 2.34. The number of hydrogen-bond donors (Lipinski definition) is 6. The number of aliphatic carboxylic acids is 4. The lowest BCUT2D eigenvalue weighted by atomic mass is 9.86. The monoisotopic (exact) mass is 340 g/mol. The van der Waals surface area contributed by atoms with Gasteiger partial charge in [0, 0.05) is 0 Å². The fourth-order valence-electron chi connectivity index (χ4n) is 2.45. The molecule has 0 aliphatic rings. The lowest BCUT2D eigenvalue weighted by molar-refractivity contribution is -0.138. The van der Waals surface area contributed by atoms with Crippen molar-refractivity contribution in [3.63, 3.8) is 0 Å². The van der Waals surface area contributed by atoms with Crippen LogP contribution in [-0.2, 0) is 44.9 Å². The average Bonchev–Trinajstić information content (AvgIpc) is 2.42. The van der Waals surface area contributed by atoms with Crippen LogP contribution in [0.25, 0.3) is 0 Å². The molecule has 1 aromatic rings. The van der Waals surface area contributed by atoms with Crippen molar-refractivity contribution in [3.8, 4) is 0 Å². The van der Waals surface area contributed by atoms with Crippen LogP contribution in [0.3, 0.4) is 0 Å². The molecule has 0 saturated carbocycles. The molecule has 0 fully saturated rings. The second-order valence-electron chi connectivity index (χ2n) is 5.02. The molecular weight excluding hydrogens is 324 g/mol. The summed E-state index contributed by atoms with van der Waals surface area (Å²) >= 11 is 0. The molecule has 130 valence electrons. The molecule has 0 unspecified atom stereocenters. The van der Waals surface area contributed by atoms with Gasteiger partial charge in [-0.15, -0.1) is 0 Å². The molecule has 0 radical (unpaired) electrons. The van der Waals surface area contributed by atoms with Crippen molar-refractivity contribution in [2.45, 2.75) is 25.7 Å². The SMILES string of the molecule is Nc1c(N)c(CC(=O)O)c(CC(=O)O)c(CC(=O)O)c1CC(=O)O. The van der Waals surface area contributed by atoms with Crippen LogP contribution in [0.5, 0.6) is 0 Å². The van der Waals surface area contributed by atoms with E-state index < -0.39 is 49.6 Å². The Kier molecular flexibility index (Phi) is 5.71. The maximum atomic E-state index is 11.1. The zero-order valence-electron chi connectivity index (χ0n) is 12.4. The van der Waals surface area contributed by atoms with Gasteiger partial charge in [-0.05, 0) is 22.3 Å². The van der Waals surface area contributed by atoms with Crippen molar-refractivity contribution < 1.29 is 39.6 Å². The van der Waals surface area contributed by atoms with Gasteiger partial charge in [0.15, 0.2) is 0 Å². The Labute approximate surface area is 135 Å². The van der Waals surface area contributed by atoms with E-state index in [1.54, 1.807) is 0 Å². The Bertz CT molecular complexity index is 665. The summed E-state index contributed by atoms with van der Waals surface area (Å²) in [5.41, 5.74) is 10.5. The molecular formula is C14H16N2O8. The molecule has 0 aromatic heterocycles. The molecule has 24 heavy (non-hydrogen) atoms. The molecule has 0 aliphatic heterocycles. The molecule has 10 heteroatoms. The highest BCUT2D eigenvalue weighted by molar-refractivity contribution is 5.88.